The zero-order valence-electron chi connectivity index (χ0n) is 15.2. The summed E-state index contributed by atoms with van der Waals surface area (Å²) in [5.41, 5.74) is 0.921. The van der Waals surface area contributed by atoms with Crippen LogP contribution in [0.25, 0.3) is 0 Å². The summed E-state index contributed by atoms with van der Waals surface area (Å²) < 4.78 is 19.1. The summed E-state index contributed by atoms with van der Waals surface area (Å²) in [5, 5.41) is 0. The number of benzene rings is 1. The highest BCUT2D eigenvalue weighted by atomic mass is 19.1. The molecule has 2 aromatic rings. The Labute approximate surface area is 153 Å². The molecular formula is C21H25FN2O2. The Morgan fingerprint density at radius 3 is 2.50 bits per heavy atom. The predicted octanol–water partition coefficient (Wildman–Crippen LogP) is 3.88. The van der Waals surface area contributed by atoms with Crippen molar-refractivity contribution in [2.75, 3.05) is 6.54 Å². The quantitative estimate of drug-likeness (QED) is 0.720. The van der Waals surface area contributed by atoms with Crippen molar-refractivity contribution in [1.82, 2.24) is 9.80 Å². The van der Waals surface area contributed by atoms with Gasteiger partial charge in [0.2, 0.25) is 5.91 Å². The van der Waals surface area contributed by atoms with Gasteiger partial charge in [0, 0.05) is 18.6 Å². The third kappa shape index (κ3) is 4.33. The van der Waals surface area contributed by atoms with Crippen LogP contribution in [0.5, 0.6) is 0 Å². The van der Waals surface area contributed by atoms with E-state index < -0.39 is 0 Å². The first-order valence-corrected chi connectivity index (χ1v) is 9.42. The average molecular weight is 356 g/mol. The van der Waals surface area contributed by atoms with Crippen molar-refractivity contribution in [3.05, 3.63) is 59.3 Å². The Bertz CT molecular complexity index is 780. The number of rotatable bonds is 8. The van der Waals surface area contributed by atoms with E-state index in [0.29, 0.717) is 31.7 Å². The number of carbonyl (C=O) groups excluding carboxylic acids is 1. The van der Waals surface area contributed by atoms with Crippen molar-refractivity contribution in [2.45, 2.75) is 57.8 Å². The minimum atomic E-state index is -0.225. The lowest BCUT2D eigenvalue weighted by Gasteiger charge is -2.27. The van der Waals surface area contributed by atoms with Crippen LogP contribution in [0.15, 0.2) is 40.8 Å². The van der Waals surface area contributed by atoms with Gasteiger partial charge in [-0.15, -0.1) is 0 Å². The molecule has 1 heterocycles. The van der Waals surface area contributed by atoms with Crippen LogP contribution >= 0.6 is 0 Å². The molecule has 1 aromatic heterocycles. The number of carbonyl (C=O) groups is 1. The van der Waals surface area contributed by atoms with Gasteiger partial charge >= 0.3 is 0 Å². The monoisotopic (exact) mass is 356 g/mol. The van der Waals surface area contributed by atoms with Gasteiger partial charge < -0.3 is 9.32 Å². The van der Waals surface area contributed by atoms with Gasteiger partial charge in [0.05, 0.1) is 13.1 Å². The molecule has 0 atom stereocenters. The Morgan fingerprint density at radius 2 is 1.88 bits per heavy atom. The van der Waals surface area contributed by atoms with Crippen LogP contribution in [0.4, 0.5) is 4.39 Å². The fourth-order valence-electron chi connectivity index (χ4n) is 3.43. The molecule has 0 bridgehead atoms. The molecule has 1 aromatic carbocycles. The molecule has 5 heteroatoms. The van der Waals surface area contributed by atoms with Crippen molar-refractivity contribution in [2.24, 2.45) is 0 Å². The number of hydrogen-bond acceptors (Lipinski definition) is 3. The van der Waals surface area contributed by atoms with Gasteiger partial charge in [-0.1, -0.05) is 12.1 Å². The van der Waals surface area contributed by atoms with Gasteiger partial charge in [-0.2, -0.15) is 0 Å². The normalized spacial score (nSPS) is 16.9. The van der Waals surface area contributed by atoms with Crippen molar-refractivity contribution < 1.29 is 13.6 Å². The lowest BCUT2D eigenvalue weighted by molar-refractivity contribution is -0.134. The highest BCUT2D eigenvalue weighted by Crippen LogP contribution is 2.31. The number of furan rings is 1. The SMILES string of the molecule is Cc1ccc(CN(C(=O)CN(Cc2cccc(F)c2)C2CC2)C2CC2)o1. The fourth-order valence-corrected chi connectivity index (χ4v) is 3.43. The molecule has 0 N–H and O–H groups in total. The average Bonchev–Trinajstić information content (AvgIpc) is 3.51. The standard InChI is InChI=1S/C21H25FN2O2/c1-15-5-10-20(26-15)13-24(19-8-9-19)21(25)14-23(18-6-7-18)12-16-3-2-4-17(22)11-16/h2-5,10-11,18-19H,6-9,12-14H2,1H3. The van der Waals surface area contributed by atoms with Crippen LogP contribution in [0, 0.1) is 12.7 Å². The molecule has 4 rings (SSSR count). The number of aryl methyl sites for hydroxylation is 1. The molecule has 26 heavy (non-hydrogen) atoms. The van der Waals surface area contributed by atoms with E-state index in [1.165, 1.54) is 6.07 Å². The number of nitrogens with zero attached hydrogens (tertiary/aromatic N) is 2. The Hall–Kier alpha value is -2.14. The maximum Gasteiger partial charge on any atom is 0.237 e. The largest absolute Gasteiger partial charge is 0.464 e. The van der Waals surface area contributed by atoms with Gasteiger partial charge in [0.1, 0.15) is 17.3 Å². The summed E-state index contributed by atoms with van der Waals surface area (Å²) >= 11 is 0. The molecule has 0 saturated heterocycles. The van der Waals surface area contributed by atoms with Gasteiger partial charge in [-0.05, 0) is 62.4 Å². The second kappa shape index (κ2) is 7.23. The maximum absolute atomic E-state index is 13.5. The van der Waals surface area contributed by atoms with Crippen LogP contribution in [0.3, 0.4) is 0 Å². The maximum atomic E-state index is 13.5. The van der Waals surface area contributed by atoms with Gasteiger partial charge in [0.15, 0.2) is 0 Å². The summed E-state index contributed by atoms with van der Waals surface area (Å²) in [6.45, 7) is 3.46. The molecular weight excluding hydrogens is 331 g/mol. The van der Waals surface area contributed by atoms with E-state index in [9.17, 15) is 9.18 Å². The molecule has 0 aliphatic heterocycles. The first kappa shape index (κ1) is 17.3. The first-order chi connectivity index (χ1) is 12.6. The van der Waals surface area contributed by atoms with Crippen molar-refractivity contribution in [3.63, 3.8) is 0 Å². The number of amides is 1. The second-order valence-electron chi connectivity index (χ2n) is 7.53. The van der Waals surface area contributed by atoms with Gasteiger partial charge in [-0.3, -0.25) is 9.69 Å². The van der Waals surface area contributed by atoms with E-state index in [1.54, 1.807) is 12.1 Å². The van der Waals surface area contributed by atoms with Crippen molar-refractivity contribution >= 4 is 5.91 Å². The molecule has 2 fully saturated rings. The molecule has 0 radical (unpaired) electrons. The lowest BCUT2D eigenvalue weighted by atomic mass is 10.2. The fraction of sp³-hybridized carbons (Fsp3) is 0.476. The Morgan fingerprint density at radius 1 is 1.12 bits per heavy atom. The highest BCUT2D eigenvalue weighted by molar-refractivity contribution is 5.79. The van der Waals surface area contributed by atoms with E-state index in [4.69, 9.17) is 4.42 Å². The Kier molecular flexibility index (Phi) is 4.81. The van der Waals surface area contributed by atoms with E-state index >= 15 is 0 Å². The molecule has 4 nitrogen and oxygen atoms in total. The molecule has 2 saturated carbocycles. The molecule has 0 unspecified atom stereocenters. The molecule has 2 aliphatic rings. The summed E-state index contributed by atoms with van der Waals surface area (Å²) in [6.07, 6.45) is 4.37. The van der Waals surface area contributed by atoms with Crippen LogP contribution in [-0.4, -0.2) is 34.3 Å². The smallest absolute Gasteiger partial charge is 0.237 e. The zero-order valence-corrected chi connectivity index (χ0v) is 15.2. The summed E-state index contributed by atoms with van der Waals surface area (Å²) in [7, 11) is 0. The predicted molar refractivity (Wildman–Crippen MR) is 96.8 cm³/mol. The van der Waals surface area contributed by atoms with Crippen LogP contribution < -0.4 is 0 Å². The van der Waals surface area contributed by atoms with E-state index in [1.807, 2.05) is 30.0 Å². The van der Waals surface area contributed by atoms with Gasteiger partial charge in [-0.25, -0.2) is 4.39 Å². The Balaban J connectivity index is 1.43. The highest BCUT2D eigenvalue weighted by Gasteiger charge is 2.36. The number of hydrogen-bond donors (Lipinski definition) is 0. The molecule has 2 aliphatic carbocycles. The number of halogens is 1. The summed E-state index contributed by atoms with van der Waals surface area (Å²) in [6, 6.07) is 11.3. The molecule has 0 spiro atoms. The van der Waals surface area contributed by atoms with Crippen LogP contribution in [-0.2, 0) is 17.9 Å². The topological polar surface area (TPSA) is 36.7 Å². The van der Waals surface area contributed by atoms with Gasteiger partial charge in [0.25, 0.3) is 0 Å². The minimum absolute atomic E-state index is 0.143. The summed E-state index contributed by atoms with van der Waals surface area (Å²) in [4.78, 5) is 17.2. The van der Waals surface area contributed by atoms with Crippen molar-refractivity contribution in [1.29, 1.82) is 0 Å². The van der Waals surface area contributed by atoms with Crippen LogP contribution in [0.1, 0.15) is 42.8 Å². The van der Waals surface area contributed by atoms with E-state index in [0.717, 1.165) is 42.8 Å². The zero-order chi connectivity index (χ0) is 18.1. The summed E-state index contributed by atoms with van der Waals surface area (Å²) in [5.74, 6) is 1.63. The van der Waals surface area contributed by atoms with Crippen LogP contribution in [0.2, 0.25) is 0 Å². The molecule has 138 valence electrons. The molecule has 1 amide bonds. The lowest BCUT2D eigenvalue weighted by Crippen LogP contribution is -2.41. The third-order valence-corrected chi connectivity index (χ3v) is 5.11. The minimum Gasteiger partial charge on any atom is -0.464 e. The first-order valence-electron chi connectivity index (χ1n) is 9.42. The van der Waals surface area contributed by atoms with E-state index in [-0.39, 0.29) is 11.7 Å². The van der Waals surface area contributed by atoms with Crippen molar-refractivity contribution in [3.8, 4) is 0 Å². The second-order valence-corrected chi connectivity index (χ2v) is 7.53. The third-order valence-electron chi connectivity index (χ3n) is 5.11. The van der Waals surface area contributed by atoms with E-state index in [2.05, 4.69) is 4.90 Å².